The first-order valence-corrected chi connectivity index (χ1v) is 11.9. The van der Waals surface area contributed by atoms with E-state index < -0.39 is 10.0 Å². The van der Waals surface area contributed by atoms with Crippen molar-refractivity contribution in [2.75, 3.05) is 32.1 Å². The van der Waals surface area contributed by atoms with Crippen molar-refractivity contribution in [3.8, 4) is 0 Å². The summed E-state index contributed by atoms with van der Waals surface area (Å²) in [4.78, 5) is 12.2. The SMILES string of the molecule is COCCCC(=O)Nc1ccc(S(=O)(=O)N2CCC(Cc3ccccc3)CC2)cc1. The molecular formula is C23H30N2O4S. The van der Waals surface area contributed by atoms with Gasteiger partial charge in [-0.15, -0.1) is 0 Å². The average molecular weight is 431 g/mol. The number of sulfonamides is 1. The maximum atomic E-state index is 13.0. The molecule has 1 aliphatic rings. The molecule has 1 aliphatic heterocycles. The minimum atomic E-state index is -3.52. The largest absolute Gasteiger partial charge is 0.385 e. The molecule has 7 heteroatoms. The lowest BCUT2D eigenvalue weighted by Gasteiger charge is -2.31. The predicted octanol–water partition coefficient (Wildman–Crippen LogP) is 3.70. The first-order chi connectivity index (χ1) is 14.5. The summed E-state index contributed by atoms with van der Waals surface area (Å²) in [7, 11) is -1.92. The molecule has 30 heavy (non-hydrogen) atoms. The van der Waals surface area contributed by atoms with Crippen LogP contribution >= 0.6 is 0 Å². The minimum Gasteiger partial charge on any atom is -0.385 e. The van der Waals surface area contributed by atoms with E-state index in [1.54, 1.807) is 35.7 Å². The van der Waals surface area contributed by atoms with Gasteiger partial charge in [0.15, 0.2) is 0 Å². The summed E-state index contributed by atoms with van der Waals surface area (Å²) in [5.74, 6) is 0.401. The molecule has 0 saturated carbocycles. The maximum Gasteiger partial charge on any atom is 0.243 e. The third-order valence-corrected chi connectivity index (χ3v) is 7.38. The number of hydrogen-bond acceptors (Lipinski definition) is 4. The van der Waals surface area contributed by atoms with Gasteiger partial charge in [-0.25, -0.2) is 8.42 Å². The van der Waals surface area contributed by atoms with Gasteiger partial charge in [0, 0.05) is 38.9 Å². The predicted molar refractivity (Wildman–Crippen MR) is 118 cm³/mol. The zero-order valence-corrected chi connectivity index (χ0v) is 18.2. The lowest BCUT2D eigenvalue weighted by atomic mass is 9.91. The van der Waals surface area contributed by atoms with E-state index in [0.29, 0.717) is 44.1 Å². The Morgan fingerprint density at radius 1 is 1.07 bits per heavy atom. The van der Waals surface area contributed by atoms with Gasteiger partial charge in [0.05, 0.1) is 4.90 Å². The molecule has 1 fully saturated rings. The van der Waals surface area contributed by atoms with Crippen LogP contribution in [0.15, 0.2) is 59.5 Å². The Labute approximate surface area is 179 Å². The summed E-state index contributed by atoms with van der Waals surface area (Å²) in [6.45, 7) is 1.61. The Morgan fingerprint density at radius 3 is 2.37 bits per heavy atom. The van der Waals surface area contributed by atoms with Gasteiger partial charge in [-0.1, -0.05) is 30.3 Å². The van der Waals surface area contributed by atoms with Crippen molar-refractivity contribution in [2.45, 2.75) is 37.0 Å². The molecule has 0 radical (unpaired) electrons. The number of hydrogen-bond donors (Lipinski definition) is 1. The van der Waals surface area contributed by atoms with Gasteiger partial charge >= 0.3 is 0 Å². The highest BCUT2D eigenvalue weighted by Gasteiger charge is 2.29. The summed E-state index contributed by atoms with van der Waals surface area (Å²) >= 11 is 0. The highest BCUT2D eigenvalue weighted by atomic mass is 32.2. The summed E-state index contributed by atoms with van der Waals surface area (Å²) in [5.41, 5.74) is 1.90. The second-order valence-electron chi connectivity index (χ2n) is 7.71. The minimum absolute atomic E-state index is 0.108. The monoisotopic (exact) mass is 430 g/mol. The van der Waals surface area contributed by atoms with Crippen LogP contribution in [0.4, 0.5) is 5.69 Å². The number of methoxy groups -OCH3 is 1. The van der Waals surface area contributed by atoms with Crippen molar-refractivity contribution < 1.29 is 17.9 Å². The maximum absolute atomic E-state index is 13.0. The summed E-state index contributed by atoms with van der Waals surface area (Å²) in [5, 5.41) is 2.79. The third-order valence-electron chi connectivity index (χ3n) is 5.47. The Kier molecular flexibility index (Phi) is 8.01. The fraction of sp³-hybridized carbons (Fsp3) is 0.435. The molecule has 2 aromatic carbocycles. The molecule has 1 saturated heterocycles. The van der Waals surface area contributed by atoms with E-state index in [4.69, 9.17) is 4.74 Å². The standard InChI is InChI=1S/C23H30N2O4S/c1-29-17-5-8-23(26)24-21-9-11-22(12-10-21)30(27,28)25-15-13-20(14-16-25)18-19-6-3-2-4-7-19/h2-4,6-7,9-12,20H,5,8,13-18H2,1H3,(H,24,26). The fourth-order valence-corrected chi connectivity index (χ4v) is 5.23. The Morgan fingerprint density at radius 2 is 1.73 bits per heavy atom. The molecule has 2 aromatic rings. The van der Waals surface area contributed by atoms with Crippen LogP contribution in [0.1, 0.15) is 31.2 Å². The smallest absolute Gasteiger partial charge is 0.243 e. The lowest BCUT2D eigenvalue weighted by Crippen LogP contribution is -2.38. The van der Waals surface area contributed by atoms with Crippen LogP contribution in [0.5, 0.6) is 0 Å². The van der Waals surface area contributed by atoms with Crippen molar-refractivity contribution in [2.24, 2.45) is 5.92 Å². The molecule has 0 spiro atoms. The number of ether oxygens (including phenoxy) is 1. The Balaban J connectivity index is 1.53. The molecular weight excluding hydrogens is 400 g/mol. The van der Waals surface area contributed by atoms with Crippen LogP contribution in [0.25, 0.3) is 0 Å². The molecule has 3 rings (SSSR count). The van der Waals surface area contributed by atoms with E-state index in [2.05, 4.69) is 17.4 Å². The van der Waals surface area contributed by atoms with Crippen molar-refractivity contribution >= 4 is 21.6 Å². The first-order valence-electron chi connectivity index (χ1n) is 10.4. The molecule has 1 N–H and O–H groups in total. The van der Waals surface area contributed by atoms with Crippen LogP contribution in [0, 0.1) is 5.92 Å². The van der Waals surface area contributed by atoms with E-state index in [0.717, 1.165) is 19.3 Å². The first kappa shape index (κ1) is 22.5. The van der Waals surface area contributed by atoms with Gasteiger partial charge < -0.3 is 10.1 Å². The normalized spacial score (nSPS) is 15.8. The van der Waals surface area contributed by atoms with Gasteiger partial charge in [-0.05, 0) is 61.4 Å². The summed E-state index contributed by atoms with van der Waals surface area (Å²) in [6, 6.07) is 16.8. The molecule has 1 heterocycles. The van der Waals surface area contributed by atoms with E-state index in [9.17, 15) is 13.2 Å². The zero-order valence-electron chi connectivity index (χ0n) is 17.4. The number of amides is 1. The molecule has 0 aliphatic carbocycles. The Bertz CT molecular complexity index is 906. The zero-order chi connectivity index (χ0) is 21.4. The second-order valence-corrected chi connectivity index (χ2v) is 9.64. The summed E-state index contributed by atoms with van der Waals surface area (Å²) in [6.07, 6.45) is 3.74. The highest BCUT2D eigenvalue weighted by Crippen LogP contribution is 2.26. The molecule has 0 bridgehead atoms. The van der Waals surface area contributed by atoms with Crippen LogP contribution in [0.3, 0.4) is 0 Å². The molecule has 162 valence electrons. The number of carbonyl (C=O) groups excluding carboxylic acids is 1. The van der Waals surface area contributed by atoms with E-state index in [-0.39, 0.29) is 10.8 Å². The van der Waals surface area contributed by atoms with Crippen LogP contribution in [0.2, 0.25) is 0 Å². The van der Waals surface area contributed by atoms with Crippen LogP contribution < -0.4 is 5.32 Å². The van der Waals surface area contributed by atoms with Crippen molar-refractivity contribution in [1.82, 2.24) is 4.31 Å². The molecule has 0 aromatic heterocycles. The second kappa shape index (κ2) is 10.7. The van der Waals surface area contributed by atoms with E-state index in [1.807, 2.05) is 18.2 Å². The van der Waals surface area contributed by atoms with Crippen LogP contribution in [-0.2, 0) is 26.0 Å². The van der Waals surface area contributed by atoms with Gasteiger partial charge in [-0.2, -0.15) is 4.31 Å². The quantitative estimate of drug-likeness (QED) is 0.616. The van der Waals surface area contributed by atoms with Crippen molar-refractivity contribution in [3.05, 3.63) is 60.2 Å². The Hall–Kier alpha value is -2.22. The number of benzene rings is 2. The number of anilines is 1. The number of nitrogens with one attached hydrogen (secondary N) is 1. The van der Waals surface area contributed by atoms with E-state index >= 15 is 0 Å². The number of nitrogens with zero attached hydrogens (tertiary/aromatic N) is 1. The highest BCUT2D eigenvalue weighted by molar-refractivity contribution is 7.89. The van der Waals surface area contributed by atoms with Gasteiger partial charge in [0.2, 0.25) is 15.9 Å². The van der Waals surface area contributed by atoms with Crippen LogP contribution in [-0.4, -0.2) is 45.4 Å². The molecule has 0 atom stereocenters. The number of piperidine rings is 1. The molecule has 6 nitrogen and oxygen atoms in total. The van der Waals surface area contributed by atoms with Crippen molar-refractivity contribution in [1.29, 1.82) is 0 Å². The van der Waals surface area contributed by atoms with Gasteiger partial charge in [0.25, 0.3) is 0 Å². The topological polar surface area (TPSA) is 75.7 Å². The van der Waals surface area contributed by atoms with Crippen molar-refractivity contribution in [3.63, 3.8) is 0 Å². The summed E-state index contributed by atoms with van der Waals surface area (Å²) < 4.78 is 32.5. The lowest BCUT2D eigenvalue weighted by molar-refractivity contribution is -0.116. The average Bonchev–Trinajstić information content (AvgIpc) is 2.75. The van der Waals surface area contributed by atoms with Gasteiger partial charge in [-0.3, -0.25) is 4.79 Å². The van der Waals surface area contributed by atoms with E-state index in [1.165, 1.54) is 5.56 Å². The fourth-order valence-electron chi connectivity index (χ4n) is 3.76. The molecule has 1 amide bonds. The van der Waals surface area contributed by atoms with Gasteiger partial charge in [0.1, 0.15) is 0 Å². The number of rotatable bonds is 9. The number of carbonyl (C=O) groups is 1. The third kappa shape index (κ3) is 6.14. The molecule has 0 unspecified atom stereocenters.